The lowest BCUT2D eigenvalue weighted by Gasteiger charge is -2.75. The van der Waals surface area contributed by atoms with Gasteiger partial charge in [-0.2, -0.15) is 0 Å². The zero-order valence-corrected chi connectivity index (χ0v) is 49.6. The van der Waals surface area contributed by atoms with Crippen LogP contribution in [0, 0.1) is 50.2 Å². The van der Waals surface area contributed by atoms with Crippen molar-refractivity contribution in [1.29, 1.82) is 0 Å². The number of ether oxygens (including phenoxy) is 10. The van der Waals surface area contributed by atoms with E-state index in [1.807, 2.05) is 6.92 Å². The molecule has 15 N–H and O–H groups in total. The maximum atomic E-state index is 12.6. The van der Waals surface area contributed by atoms with Gasteiger partial charge in [-0.15, -0.1) is 0 Å². The molecule has 0 amide bonds. The lowest BCUT2D eigenvalue weighted by molar-refractivity contribution is -0.474. The average molecular weight is 1240 g/mol. The molecule has 0 radical (unpaired) electrons. The molecular formula is C58H94O28. The maximum absolute atomic E-state index is 12.6. The lowest BCUT2D eigenvalue weighted by Crippen LogP contribution is -2.74. The molecule has 0 aromatic heterocycles. The molecule has 28 heteroatoms. The summed E-state index contributed by atoms with van der Waals surface area (Å²) in [5.74, 6) is 0.309. The van der Waals surface area contributed by atoms with E-state index in [1.54, 1.807) is 0 Å². The summed E-state index contributed by atoms with van der Waals surface area (Å²) in [6, 6.07) is 0. The van der Waals surface area contributed by atoms with Gasteiger partial charge in [0.25, 0.3) is 0 Å². The van der Waals surface area contributed by atoms with Crippen molar-refractivity contribution < 1.29 is 139 Å². The van der Waals surface area contributed by atoms with Crippen LogP contribution in [0.5, 0.6) is 0 Å². The molecule has 11 rings (SSSR count). The Hall–Kier alpha value is -1.41. The summed E-state index contributed by atoms with van der Waals surface area (Å²) in [6.07, 6.45) is -34.1. The van der Waals surface area contributed by atoms with Gasteiger partial charge in [0, 0.05) is 16.2 Å². The molecule has 86 heavy (non-hydrogen) atoms. The fraction of sp³-hybridized carbons (Fsp3) is 0.983. The third-order valence-corrected chi connectivity index (χ3v) is 24.0. The largest absolute Gasteiger partial charge is 0.394 e. The molecule has 0 unspecified atom stereocenters. The first kappa shape index (κ1) is 66.1. The highest BCUT2D eigenvalue weighted by Crippen LogP contribution is 2.80. The molecule has 2 bridgehead atoms. The molecule has 6 heterocycles. The topological polar surface area (TPSA) is 431 Å². The lowest BCUT2D eigenvalue weighted by atomic mass is 9.30. The van der Waals surface area contributed by atoms with Crippen LogP contribution in [0.15, 0.2) is 0 Å². The minimum atomic E-state index is -2.02. The van der Waals surface area contributed by atoms with Crippen molar-refractivity contribution in [2.75, 3.05) is 39.6 Å². The van der Waals surface area contributed by atoms with Crippen LogP contribution in [-0.4, -0.2) is 282 Å². The molecule has 494 valence electrons. The summed E-state index contributed by atoms with van der Waals surface area (Å²) in [5, 5.41) is 164. The van der Waals surface area contributed by atoms with E-state index in [2.05, 4.69) is 34.6 Å². The molecule has 34 atom stereocenters. The Kier molecular flexibility index (Phi) is 18.6. The van der Waals surface area contributed by atoms with E-state index in [9.17, 15) is 81.4 Å². The zero-order valence-electron chi connectivity index (χ0n) is 49.6. The van der Waals surface area contributed by atoms with Crippen molar-refractivity contribution in [3.63, 3.8) is 0 Å². The molecule has 5 saturated carbocycles. The molecule has 11 aliphatic rings. The first-order valence-corrected chi connectivity index (χ1v) is 30.8. The van der Waals surface area contributed by atoms with Crippen molar-refractivity contribution in [1.82, 2.24) is 0 Å². The maximum Gasteiger partial charge on any atom is 0.220 e. The second-order valence-electron chi connectivity index (χ2n) is 28.7. The Balaban J connectivity index is 0.859. The molecular weight excluding hydrogens is 1140 g/mol. The second-order valence-corrected chi connectivity index (χ2v) is 28.7. The SMILES string of the molecule is CC1(C)[C@@H](O[C@@H]2OC[C@H](O[C@@H]3O[C@H](CO)[C@@H](O)[C@H](OO[C@@H]4O[C@H](CO)[C@@H](O)[C@H](O)[C@H]4O)[C@H]3O[C@@H]3OC[C@@H](O)[C@H](O)[C@H]3O)[C@H](O)[C@H]2O[C@@H]2O[C@H](CO)[C@@H](O)[C@H](O)[C@H]2O)CC[C@]2(C)[C@H]3CC[C@]45OC[C@@]6(CC[C@](C)(C=O)C[C@H]64)[C@H](O)C[C@@]5(C)[C@]3(C)CC[C@@H]12. The van der Waals surface area contributed by atoms with E-state index in [-0.39, 0.29) is 34.0 Å². The van der Waals surface area contributed by atoms with Gasteiger partial charge in [-0.05, 0) is 98.2 Å². The number of hydrogen-bond donors (Lipinski definition) is 15. The van der Waals surface area contributed by atoms with Gasteiger partial charge in [0.2, 0.25) is 6.29 Å². The zero-order chi connectivity index (χ0) is 62.2. The first-order valence-electron chi connectivity index (χ1n) is 30.8. The first-order chi connectivity index (χ1) is 40.5. The molecule has 11 fully saturated rings. The average Bonchev–Trinajstić information content (AvgIpc) is 1.30. The summed E-state index contributed by atoms with van der Waals surface area (Å²) in [6.45, 7) is 10.2. The number of carbonyl (C=O) groups is 1. The number of aliphatic hydroxyl groups is 15. The Labute approximate surface area is 498 Å². The number of hydrogen-bond acceptors (Lipinski definition) is 28. The van der Waals surface area contributed by atoms with E-state index >= 15 is 0 Å². The van der Waals surface area contributed by atoms with Crippen LogP contribution in [0.3, 0.4) is 0 Å². The van der Waals surface area contributed by atoms with Gasteiger partial charge in [-0.25, -0.2) is 9.78 Å². The van der Waals surface area contributed by atoms with Crippen LogP contribution in [0.1, 0.15) is 106 Å². The van der Waals surface area contributed by atoms with Crippen LogP contribution in [0.4, 0.5) is 0 Å². The Morgan fingerprint density at radius 3 is 1.74 bits per heavy atom. The highest BCUT2D eigenvalue weighted by Gasteiger charge is 2.80. The third-order valence-electron chi connectivity index (χ3n) is 24.0. The van der Waals surface area contributed by atoms with Crippen LogP contribution in [0.25, 0.3) is 0 Å². The van der Waals surface area contributed by atoms with Crippen LogP contribution >= 0.6 is 0 Å². The fourth-order valence-corrected chi connectivity index (χ4v) is 18.7. The van der Waals surface area contributed by atoms with Crippen LogP contribution in [-0.2, 0) is 61.9 Å². The predicted octanol–water partition coefficient (Wildman–Crippen LogP) is -4.14. The van der Waals surface area contributed by atoms with Gasteiger partial charge >= 0.3 is 0 Å². The molecule has 6 saturated heterocycles. The number of rotatable bonds is 15. The van der Waals surface area contributed by atoms with Gasteiger partial charge in [0.1, 0.15) is 110 Å². The van der Waals surface area contributed by atoms with Gasteiger partial charge in [0.15, 0.2) is 31.3 Å². The van der Waals surface area contributed by atoms with E-state index in [4.69, 9.17) is 57.1 Å². The minimum absolute atomic E-state index is 0.0376. The third kappa shape index (κ3) is 10.3. The van der Waals surface area contributed by atoms with Gasteiger partial charge in [-0.1, -0.05) is 41.5 Å². The number of aliphatic hydroxyl groups excluding tert-OH is 15. The van der Waals surface area contributed by atoms with E-state index < -0.39 is 208 Å². The van der Waals surface area contributed by atoms with Crippen molar-refractivity contribution >= 4 is 6.29 Å². The molecule has 0 aromatic carbocycles. The standard InChI is InChI=1S/C58H94O28/c1-52(2)29-7-11-55(5)30(8-12-58-31-15-53(3,22-62)13-14-57(31,23-77-58)32(64)16-56(55,58)6)54(29,4)10-9-33(52)82-50-45(83-48-42(73)39(70)35(66)25(17-59)78-48)38(69)28(21-76-50)81-51-46(84-47-41(72)34(65)24(63)20-75-47)44(37(68)27(19-61)80-51)85-86-49-43(74)40(71)36(67)26(18-60)79-49/h22,24-51,59-61,63-74H,7-21,23H2,1-6H3/t24-,25-,26-,27-,28+,29+,30-,31-,32-,33+,34+,35-,36-,37-,38+,39+,40+,41-,42-,43-,44+,45-,46-,47+,48+,49+,50+,51+,53+,54+,55-,56+,57-,58+/m1/s1. The molecule has 6 aliphatic heterocycles. The smallest absolute Gasteiger partial charge is 0.220 e. The summed E-state index contributed by atoms with van der Waals surface area (Å²) in [7, 11) is 0. The Bertz CT molecular complexity index is 2360. The summed E-state index contributed by atoms with van der Waals surface area (Å²) < 4.78 is 62.3. The number of fused-ring (bicyclic) bond motifs is 4. The van der Waals surface area contributed by atoms with Crippen LogP contribution < -0.4 is 0 Å². The van der Waals surface area contributed by atoms with Crippen molar-refractivity contribution in [3.05, 3.63) is 0 Å². The highest BCUT2D eigenvalue weighted by atomic mass is 17.2. The highest BCUT2D eigenvalue weighted by molar-refractivity contribution is 5.59. The van der Waals surface area contributed by atoms with Crippen molar-refractivity contribution in [2.45, 2.75) is 265 Å². The molecule has 28 nitrogen and oxygen atoms in total. The fourth-order valence-electron chi connectivity index (χ4n) is 18.7. The number of aldehydes is 1. The Morgan fingerprint density at radius 1 is 0.488 bits per heavy atom. The summed E-state index contributed by atoms with van der Waals surface area (Å²) in [4.78, 5) is 23.6. The monoisotopic (exact) mass is 1240 g/mol. The summed E-state index contributed by atoms with van der Waals surface area (Å²) in [5.41, 5.74) is -2.89. The van der Waals surface area contributed by atoms with Gasteiger partial charge in [-0.3, -0.25) is 0 Å². The predicted molar refractivity (Wildman–Crippen MR) is 284 cm³/mol. The van der Waals surface area contributed by atoms with Crippen LogP contribution in [0.2, 0.25) is 0 Å². The summed E-state index contributed by atoms with van der Waals surface area (Å²) >= 11 is 0. The normalized spacial score (nSPS) is 57.1. The van der Waals surface area contributed by atoms with Crippen molar-refractivity contribution in [3.8, 4) is 0 Å². The quantitative estimate of drug-likeness (QED) is 0.0320. The molecule has 5 aliphatic carbocycles. The minimum Gasteiger partial charge on any atom is -0.394 e. The van der Waals surface area contributed by atoms with E-state index in [0.29, 0.717) is 32.3 Å². The Morgan fingerprint density at radius 2 is 1.08 bits per heavy atom. The van der Waals surface area contributed by atoms with Gasteiger partial charge < -0.3 is 129 Å². The molecule has 0 aromatic rings. The number of carbonyl (C=O) groups excluding carboxylic acids is 1. The van der Waals surface area contributed by atoms with Crippen molar-refractivity contribution in [2.24, 2.45) is 50.2 Å². The van der Waals surface area contributed by atoms with E-state index in [1.165, 1.54) is 0 Å². The van der Waals surface area contributed by atoms with E-state index in [0.717, 1.165) is 44.8 Å². The van der Waals surface area contributed by atoms with Gasteiger partial charge in [0.05, 0.1) is 57.5 Å². The second kappa shape index (κ2) is 24.2. The molecule has 1 spiro atoms.